The van der Waals surface area contributed by atoms with E-state index in [4.69, 9.17) is 9.47 Å². The Hall–Kier alpha value is -3.25. The first kappa shape index (κ1) is 21.0. The average molecular weight is 420 g/mol. The first-order valence-electron chi connectivity index (χ1n) is 10.4. The van der Waals surface area contributed by atoms with Crippen molar-refractivity contribution in [2.45, 2.75) is 19.5 Å². The van der Waals surface area contributed by atoms with Crippen molar-refractivity contribution < 1.29 is 18.7 Å². The van der Waals surface area contributed by atoms with Gasteiger partial charge in [-0.3, -0.25) is 9.78 Å². The van der Waals surface area contributed by atoms with Crippen molar-refractivity contribution in [3.8, 4) is 5.75 Å². The fraction of sp³-hybridized carbons (Fsp3) is 0.280. The van der Waals surface area contributed by atoms with E-state index in [0.29, 0.717) is 31.2 Å². The smallest absolute Gasteiger partial charge is 0.254 e. The van der Waals surface area contributed by atoms with Gasteiger partial charge in [-0.2, -0.15) is 0 Å². The lowest BCUT2D eigenvalue weighted by atomic mass is 10.1. The van der Waals surface area contributed by atoms with Crippen LogP contribution in [0, 0.1) is 11.7 Å². The van der Waals surface area contributed by atoms with Gasteiger partial charge in [0.2, 0.25) is 0 Å². The van der Waals surface area contributed by atoms with Gasteiger partial charge in [0.25, 0.3) is 5.91 Å². The van der Waals surface area contributed by atoms with Gasteiger partial charge in [0.1, 0.15) is 11.6 Å². The molecular weight excluding hydrogens is 395 g/mol. The fourth-order valence-corrected chi connectivity index (χ4v) is 3.57. The number of hydrogen-bond acceptors (Lipinski definition) is 4. The van der Waals surface area contributed by atoms with Crippen LogP contribution in [0.25, 0.3) is 0 Å². The van der Waals surface area contributed by atoms with Crippen LogP contribution < -0.4 is 4.74 Å². The van der Waals surface area contributed by atoms with Gasteiger partial charge in [-0.1, -0.05) is 24.3 Å². The molecule has 2 aromatic carbocycles. The summed E-state index contributed by atoms with van der Waals surface area (Å²) < 4.78 is 25.0. The second-order valence-corrected chi connectivity index (χ2v) is 7.68. The maximum absolute atomic E-state index is 13.7. The zero-order chi connectivity index (χ0) is 21.5. The summed E-state index contributed by atoms with van der Waals surface area (Å²) in [6, 6.07) is 19.1. The molecular formula is C25H25FN2O3. The van der Waals surface area contributed by atoms with Crippen LogP contribution in [0.1, 0.15) is 28.0 Å². The third-order valence-corrected chi connectivity index (χ3v) is 5.22. The van der Waals surface area contributed by atoms with Crippen molar-refractivity contribution in [1.29, 1.82) is 0 Å². The second kappa shape index (κ2) is 10.2. The molecule has 160 valence electrons. The van der Waals surface area contributed by atoms with E-state index in [1.807, 2.05) is 42.5 Å². The highest BCUT2D eigenvalue weighted by Crippen LogP contribution is 2.20. The van der Waals surface area contributed by atoms with Crippen molar-refractivity contribution >= 4 is 5.91 Å². The molecule has 0 spiro atoms. The van der Waals surface area contributed by atoms with Crippen LogP contribution in [-0.2, 0) is 17.8 Å². The Kier molecular flexibility index (Phi) is 6.89. The van der Waals surface area contributed by atoms with Gasteiger partial charge in [-0.15, -0.1) is 0 Å². The predicted octanol–water partition coefficient (Wildman–Crippen LogP) is 4.48. The Morgan fingerprint density at radius 1 is 1.10 bits per heavy atom. The summed E-state index contributed by atoms with van der Waals surface area (Å²) >= 11 is 0. The molecule has 6 heteroatoms. The number of pyridine rings is 1. The van der Waals surface area contributed by atoms with Gasteiger partial charge in [0, 0.05) is 30.8 Å². The van der Waals surface area contributed by atoms with Crippen LogP contribution in [0.4, 0.5) is 4.39 Å². The Labute approximate surface area is 181 Å². The van der Waals surface area contributed by atoms with E-state index in [0.717, 1.165) is 36.6 Å². The molecule has 1 unspecified atom stereocenters. The van der Waals surface area contributed by atoms with Gasteiger partial charge in [-0.05, 0) is 54.4 Å². The van der Waals surface area contributed by atoms with Crippen LogP contribution in [0.5, 0.6) is 5.75 Å². The monoisotopic (exact) mass is 420 g/mol. The van der Waals surface area contributed by atoms with Crippen molar-refractivity contribution in [3.63, 3.8) is 0 Å². The van der Waals surface area contributed by atoms with Crippen molar-refractivity contribution in [3.05, 3.63) is 95.6 Å². The quantitative estimate of drug-likeness (QED) is 0.539. The van der Waals surface area contributed by atoms with Crippen LogP contribution in [0.15, 0.2) is 72.9 Å². The minimum absolute atomic E-state index is 0.250. The summed E-state index contributed by atoms with van der Waals surface area (Å²) in [5.74, 6) is 0.494. The number of benzene rings is 2. The molecule has 4 rings (SSSR count). The van der Waals surface area contributed by atoms with E-state index in [-0.39, 0.29) is 5.91 Å². The molecule has 0 radical (unpaired) electrons. The zero-order valence-corrected chi connectivity index (χ0v) is 17.2. The highest BCUT2D eigenvalue weighted by Gasteiger charge is 2.19. The largest absolute Gasteiger partial charge is 0.493 e. The minimum atomic E-state index is -0.435. The molecule has 1 saturated heterocycles. The topological polar surface area (TPSA) is 51.7 Å². The van der Waals surface area contributed by atoms with Crippen LogP contribution >= 0.6 is 0 Å². The summed E-state index contributed by atoms with van der Waals surface area (Å²) in [6.07, 6.45) is 2.71. The fourth-order valence-electron chi connectivity index (χ4n) is 3.57. The van der Waals surface area contributed by atoms with Gasteiger partial charge < -0.3 is 14.4 Å². The molecule has 1 aliphatic heterocycles. The summed E-state index contributed by atoms with van der Waals surface area (Å²) in [5, 5.41) is 0. The molecule has 1 aromatic heterocycles. The first-order chi connectivity index (χ1) is 15.2. The SMILES string of the molecule is O=C(c1cccc(F)c1)N(Cc1cccc(OCC2CCOC2)c1)Cc1ccccn1. The van der Waals surface area contributed by atoms with E-state index in [2.05, 4.69) is 4.98 Å². The maximum Gasteiger partial charge on any atom is 0.254 e. The molecule has 31 heavy (non-hydrogen) atoms. The summed E-state index contributed by atoms with van der Waals surface area (Å²) in [4.78, 5) is 19.2. The highest BCUT2D eigenvalue weighted by molar-refractivity contribution is 5.94. The Morgan fingerprint density at radius 2 is 2.00 bits per heavy atom. The summed E-state index contributed by atoms with van der Waals surface area (Å²) in [6.45, 7) is 2.82. The molecule has 0 aliphatic carbocycles. The lowest BCUT2D eigenvalue weighted by molar-refractivity contribution is 0.0727. The van der Waals surface area contributed by atoms with E-state index in [1.165, 1.54) is 12.1 Å². The van der Waals surface area contributed by atoms with Crippen LogP contribution in [0.3, 0.4) is 0 Å². The number of ether oxygens (including phenoxy) is 2. The highest BCUT2D eigenvalue weighted by atomic mass is 19.1. The van der Waals surface area contributed by atoms with E-state index >= 15 is 0 Å². The third-order valence-electron chi connectivity index (χ3n) is 5.22. The number of carbonyl (C=O) groups excluding carboxylic acids is 1. The molecule has 0 saturated carbocycles. The molecule has 0 bridgehead atoms. The summed E-state index contributed by atoms with van der Waals surface area (Å²) in [5.41, 5.74) is 2.01. The molecule has 1 atom stereocenters. The molecule has 1 aliphatic rings. The van der Waals surface area contributed by atoms with Crippen molar-refractivity contribution in [1.82, 2.24) is 9.88 Å². The number of carbonyl (C=O) groups is 1. The second-order valence-electron chi connectivity index (χ2n) is 7.68. The van der Waals surface area contributed by atoms with E-state index in [9.17, 15) is 9.18 Å². The molecule has 0 N–H and O–H groups in total. The van der Waals surface area contributed by atoms with Crippen LogP contribution in [-0.4, -0.2) is 35.6 Å². The lowest BCUT2D eigenvalue weighted by Gasteiger charge is -2.23. The van der Waals surface area contributed by atoms with Gasteiger partial charge >= 0.3 is 0 Å². The number of rotatable bonds is 8. The van der Waals surface area contributed by atoms with Crippen molar-refractivity contribution in [2.24, 2.45) is 5.92 Å². The Bertz CT molecular complexity index is 1010. The van der Waals surface area contributed by atoms with Crippen molar-refractivity contribution in [2.75, 3.05) is 19.8 Å². The van der Waals surface area contributed by atoms with Gasteiger partial charge in [-0.25, -0.2) is 4.39 Å². The molecule has 3 aromatic rings. The first-order valence-corrected chi connectivity index (χ1v) is 10.4. The standard InChI is InChI=1S/C25H25FN2O3/c26-22-7-4-6-21(14-22)25(29)28(16-23-8-1-2-11-27-23)15-19-5-3-9-24(13-19)31-18-20-10-12-30-17-20/h1-9,11,13-14,20H,10,12,15-18H2. The molecule has 1 amide bonds. The predicted molar refractivity (Wildman–Crippen MR) is 115 cm³/mol. The number of nitrogens with zero attached hydrogens (tertiary/aromatic N) is 2. The molecule has 5 nitrogen and oxygen atoms in total. The Balaban J connectivity index is 1.51. The number of hydrogen-bond donors (Lipinski definition) is 0. The van der Waals surface area contributed by atoms with Gasteiger partial charge in [0.15, 0.2) is 0 Å². The van der Waals surface area contributed by atoms with Crippen LogP contribution in [0.2, 0.25) is 0 Å². The normalized spacial score (nSPS) is 15.6. The van der Waals surface area contributed by atoms with Gasteiger partial charge in [0.05, 0.1) is 25.5 Å². The molecule has 1 fully saturated rings. The number of aromatic nitrogens is 1. The van der Waals surface area contributed by atoms with E-state index < -0.39 is 5.82 Å². The average Bonchev–Trinajstić information content (AvgIpc) is 3.32. The number of halogens is 1. The Morgan fingerprint density at radius 3 is 2.77 bits per heavy atom. The third kappa shape index (κ3) is 5.89. The number of amides is 1. The zero-order valence-electron chi connectivity index (χ0n) is 17.2. The maximum atomic E-state index is 13.7. The summed E-state index contributed by atoms with van der Waals surface area (Å²) in [7, 11) is 0. The van der Waals surface area contributed by atoms with E-state index in [1.54, 1.807) is 23.2 Å². The molecule has 2 heterocycles. The lowest BCUT2D eigenvalue weighted by Crippen LogP contribution is -2.30. The minimum Gasteiger partial charge on any atom is -0.493 e.